The smallest absolute Gasteiger partial charge is 0.387 e. The number of ether oxygens (including phenoxy) is 2. The quantitative estimate of drug-likeness (QED) is 0.610. The summed E-state index contributed by atoms with van der Waals surface area (Å²) >= 11 is 0. The molecule has 0 aliphatic rings. The summed E-state index contributed by atoms with van der Waals surface area (Å²) in [5.74, 6) is 0.108. The van der Waals surface area contributed by atoms with Crippen LogP contribution in [0.2, 0.25) is 0 Å². The highest BCUT2D eigenvalue weighted by atomic mass is 19.3. The number of likely N-dealkylation sites (N-methyl/N-ethyl adjacent to an activating group) is 1. The Morgan fingerprint density at radius 3 is 2.52 bits per heavy atom. The number of alkyl halides is 2. The van der Waals surface area contributed by atoms with Crippen LogP contribution in [0.3, 0.4) is 0 Å². The van der Waals surface area contributed by atoms with Gasteiger partial charge in [-0.05, 0) is 41.1 Å². The fraction of sp³-hybridized carbons (Fsp3) is 0.227. The molecule has 1 unspecified atom stereocenters. The van der Waals surface area contributed by atoms with Crippen LogP contribution in [0.4, 0.5) is 14.5 Å². The van der Waals surface area contributed by atoms with Crippen LogP contribution < -0.4 is 19.7 Å². The second-order valence-corrected chi connectivity index (χ2v) is 6.78. The highest BCUT2D eigenvalue weighted by Crippen LogP contribution is 2.29. The topological polar surface area (TPSA) is 52.0 Å². The molecule has 3 rings (SSSR count). The van der Waals surface area contributed by atoms with Gasteiger partial charge in [-0.1, -0.05) is 30.3 Å². The molecule has 0 heterocycles. The summed E-state index contributed by atoms with van der Waals surface area (Å²) in [6.45, 7) is -2.14. The molecule has 152 valence electrons. The Bertz CT molecular complexity index is 995. The van der Waals surface area contributed by atoms with E-state index < -0.39 is 6.61 Å². The van der Waals surface area contributed by atoms with Crippen molar-refractivity contribution in [3.63, 3.8) is 0 Å². The third kappa shape index (κ3) is 5.65. The minimum atomic E-state index is -2.91. The monoisotopic (exact) mass is 401 g/mol. The van der Waals surface area contributed by atoms with Crippen molar-refractivity contribution in [2.24, 2.45) is 0 Å². The van der Waals surface area contributed by atoms with E-state index in [0.717, 1.165) is 26.9 Å². The molecule has 5 nitrogen and oxygen atoms in total. The van der Waals surface area contributed by atoms with E-state index in [-0.39, 0.29) is 24.0 Å². The number of fused-ring (bicyclic) bond motifs is 1. The minimum Gasteiger partial charge on any atom is -0.493 e. The zero-order valence-electron chi connectivity index (χ0n) is 16.2. The highest BCUT2D eigenvalue weighted by molar-refractivity contribution is 5.94. The summed E-state index contributed by atoms with van der Waals surface area (Å²) in [7, 11) is 3.28. The number of hydrogen-bond acceptors (Lipinski definition) is 3. The first-order chi connectivity index (χ1) is 13.9. The largest absolute Gasteiger partial charge is 0.493 e. The van der Waals surface area contributed by atoms with E-state index in [4.69, 9.17) is 4.74 Å². The number of nitrogens with one attached hydrogen (secondary N) is 2. The van der Waals surface area contributed by atoms with Crippen LogP contribution >= 0.6 is 0 Å². The molecule has 0 saturated carbocycles. The molecule has 2 N–H and O–H groups in total. The van der Waals surface area contributed by atoms with Crippen LogP contribution in [-0.2, 0) is 11.3 Å². The molecule has 3 aromatic carbocycles. The van der Waals surface area contributed by atoms with Gasteiger partial charge < -0.3 is 19.7 Å². The van der Waals surface area contributed by atoms with E-state index >= 15 is 0 Å². The number of hydrogen-bond donors (Lipinski definition) is 2. The van der Waals surface area contributed by atoms with Gasteiger partial charge in [-0.25, -0.2) is 0 Å². The first kappa shape index (κ1) is 20.5. The average molecular weight is 401 g/mol. The van der Waals surface area contributed by atoms with E-state index in [1.54, 1.807) is 12.1 Å². The summed E-state index contributed by atoms with van der Waals surface area (Å²) in [5.41, 5.74) is 1.59. The number of anilines is 1. The van der Waals surface area contributed by atoms with Crippen LogP contribution in [0.25, 0.3) is 10.8 Å². The Kier molecular flexibility index (Phi) is 6.61. The van der Waals surface area contributed by atoms with Crippen molar-refractivity contribution >= 4 is 22.4 Å². The minimum absolute atomic E-state index is 0.0158. The van der Waals surface area contributed by atoms with Crippen molar-refractivity contribution in [1.82, 2.24) is 0 Å². The van der Waals surface area contributed by atoms with Crippen molar-refractivity contribution < 1.29 is 27.9 Å². The molecule has 0 spiro atoms. The van der Waals surface area contributed by atoms with Gasteiger partial charge in [-0.2, -0.15) is 8.78 Å². The molecule has 0 aliphatic heterocycles. The second-order valence-electron chi connectivity index (χ2n) is 6.78. The van der Waals surface area contributed by atoms with E-state index in [9.17, 15) is 13.6 Å². The number of methoxy groups -OCH3 is 1. The summed E-state index contributed by atoms with van der Waals surface area (Å²) in [5, 5.41) is 5.09. The third-order valence-electron chi connectivity index (χ3n) is 4.45. The van der Waals surface area contributed by atoms with Crippen molar-refractivity contribution in [2.75, 3.05) is 26.0 Å². The van der Waals surface area contributed by atoms with Crippen LogP contribution in [-0.4, -0.2) is 33.2 Å². The number of amides is 1. The van der Waals surface area contributed by atoms with Gasteiger partial charge in [0.2, 0.25) is 0 Å². The van der Waals surface area contributed by atoms with E-state index in [0.29, 0.717) is 6.54 Å². The van der Waals surface area contributed by atoms with Gasteiger partial charge in [0.05, 0.1) is 14.2 Å². The lowest BCUT2D eigenvalue weighted by Gasteiger charge is -2.16. The normalized spacial score (nSPS) is 12.0. The molecule has 1 atom stereocenters. The maximum absolute atomic E-state index is 12.4. The molecule has 7 heteroatoms. The van der Waals surface area contributed by atoms with Crippen molar-refractivity contribution in [1.29, 1.82) is 0 Å². The molecule has 0 bridgehead atoms. The number of carbonyl (C=O) groups is 1. The SMILES string of the molecule is COc1cc(C[NH+](C)CC(=O)Nc2ccc3ccccc3c2)ccc1OC(F)F. The number of halogens is 2. The summed E-state index contributed by atoms with van der Waals surface area (Å²) < 4.78 is 34.4. The van der Waals surface area contributed by atoms with E-state index in [1.165, 1.54) is 13.2 Å². The number of quaternary nitrogens is 1. The lowest BCUT2D eigenvalue weighted by atomic mass is 10.1. The third-order valence-corrected chi connectivity index (χ3v) is 4.45. The zero-order valence-corrected chi connectivity index (χ0v) is 16.2. The summed E-state index contributed by atoms with van der Waals surface area (Å²) in [6.07, 6.45) is 0. The molecular weight excluding hydrogens is 378 g/mol. The van der Waals surface area contributed by atoms with Crippen molar-refractivity contribution in [2.45, 2.75) is 13.2 Å². The van der Waals surface area contributed by atoms with Crippen molar-refractivity contribution in [3.05, 3.63) is 66.2 Å². The molecule has 0 saturated heterocycles. The van der Waals surface area contributed by atoms with Gasteiger partial charge >= 0.3 is 6.61 Å². The van der Waals surface area contributed by atoms with Gasteiger partial charge in [0.15, 0.2) is 18.0 Å². The number of benzene rings is 3. The van der Waals surface area contributed by atoms with Crippen LogP contribution in [0, 0.1) is 0 Å². The molecule has 0 radical (unpaired) electrons. The molecule has 3 aromatic rings. The Hall–Kier alpha value is -3.19. The predicted octanol–water partition coefficient (Wildman–Crippen LogP) is 3.10. The Balaban J connectivity index is 1.59. The van der Waals surface area contributed by atoms with Crippen molar-refractivity contribution in [3.8, 4) is 11.5 Å². The predicted molar refractivity (Wildman–Crippen MR) is 108 cm³/mol. The van der Waals surface area contributed by atoms with Crippen LogP contribution in [0.1, 0.15) is 5.56 Å². The maximum atomic E-state index is 12.4. The van der Waals surface area contributed by atoms with Crippen LogP contribution in [0.5, 0.6) is 11.5 Å². The Labute approximate surface area is 167 Å². The zero-order chi connectivity index (χ0) is 20.8. The summed E-state index contributed by atoms with van der Waals surface area (Å²) in [4.78, 5) is 13.3. The molecule has 0 fully saturated rings. The maximum Gasteiger partial charge on any atom is 0.387 e. The Morgan fingerprint density at radius 1 is 1.03 bits per heavy atom. The molecule has 0 aliphatic carbocycles. The van der Waals surface area contributed by atoms with Gasteiger partial charge in [0, 0.05) is 11.3 Å². The molecule has 0 aromatic heterocycles. The molecule has 29 heavy (non-hydrogen) atoms. The number of rotatable bonds is 8. The average Bonchev–Trinajstić information content (AvgIpc) is 2.68. The molecule has 1 amide bonds. The van der Waals surface area contributed by atoms with Gasteiger partial charge in [-0.15, -0.1) is 0 Å². The standard InChI is InChI=1S/C22H22F2N2O3/c1-26(13-15-7-10-19(29-22(23)24)20(11-15)28-2)14-21(27)25-18-9-8-16-5-3-4-6-17(16)12-18/h3-12,22H,13-14H2,1-2H3,(H,25,27)/p+1. The lowest BCUT2D eigenvalue weighted by Crippen LogP contribution is -3.08. The molecular formula is C22H23F2N2O3+. The fourth-order valence-electron chi connectivity index (χ4n) is 3.17. The summed E-state index contributed by atoms with van der Waals surface area (Å²) in [6, 6.07) is 18.5. The first-order valence-corrected chi connectivity index (χ1v) is 9.16. The van der Waals surface area contributed by atoms with Crippen LogP contribution in [0.15, 0.2) is 60.7 Å². The second kappa shape index (κ2) is 9.34. The van der Waals surface area contributed by atoms with E-state index in [2.05, 4.69) is 10.1 Å². The first-order valence-electron chi connectivity index (χ1n) is 9.16. The fourth-order valence-corrected chi connectivity index (χ4v) is 3.17. The van der Waals surface area contributed by atoms with Gasteiger partial charge in [0.25, 0.3) is 5.91 Å². The Morgan fingerprint density at radius 2 is 1.79 bits per heavy atom. The van der Waals surface area contributed by atoms with E-state index in [1.807, 2.05) is 49.5 Å². The highest BCUT2D eigenvalue weighted by Gasteiger charge is 2.15. The van der Waals surface area contributed by atoms with Gasteiger partial charge in [0.1, 0.15) is 6.54 Å². The lowest BCUT2D eigenvalue weighted by molar-refractivity contribution is -0.885. The number of carbonyl (C=O) groups excluding carboxylic acids is 1. The van der Waals surface area contributed by atoms with Gasteiger partial charge in [-0.3, -0.25) is 4.79 Å².